The Bertz CT molecular complexity index is 1680. The van der Waals surface area contributed by atoms with Crippen LogP contribution in [0, 0.1) is 11.8 Å². The Morgan fingerprint density at radius 3 is 2.29 bits per heavy atom. The van der Waals surface area contributed by atoms with Crippen molar-refractivity contribution >= 4 is 46.2 Å². The van der Waals surface area contributed by atoms with Gasteiger partial charge >= 0.3 is 5.97 Å². The van der Waals surface area contributed by atoms with Crippen molar-refractivity contribution in [1.29, 1.82) is 0 Å². The van der Waals surface area contributed by atoms with Crippen LogP contribution >= 0.6 is 23.5 Å². The Morgan fingerprint density at radius 2 is 1.64 bits per heavy atom. The Kier molecular flexibility index (Phi) is 10.3. The SMILES string of the molecule is COc1ccc2[nH]c(C)c(CC(=O)Oc3ccc(CN4CCN(CC(C)(C)SN=O)CC4)cc3)c2c1C(=O)c1ccc(Cl)cc1. The number of carbonyl (C=O) groups excluding carboxylic acids is 2. The molecule has 0 aliphatic carbocycles. The van der Waals surface area contributed by atoms with E-state index in [1.807, 2.05) is 51.1 Å². The van der Waals surface area contributed by atoms with Crippen LogP contribution < -0.4 is 9.47 Å². The summed E-state index contributed by atoms with van der Waals surface area (Å²) in [7, 11) is 1.52. The van der Waals surface area contributed by atoms with E-state index in [9.17, 15) is 14.5 Å². The quantitative estimate of drug-likeness (QED) is 0.0586. The van der Waals surface area contributed by atoms with Gasteiger partial charge in [0.15, 0.2) is 5.78 Å². The zero-order valence-electron chi connectivity index (χ0n) is 25.9. The van der Waals surface area contributed by atoms with Crippen molar-refractivity contribution in [3.8, 4) is 11.5 Å². The molecule has 9 nitrogen and oxygen atoms in total. The number of aromatic amines is 1. The van der Waals surface area contributed by atoms with Gasteiger partial charge in [-0.1, -0.05) is 23.7 Å². The number of benzene rings is 3. The summed E-state index contributed by atoms with van der Waals surface area (Å²) < 4.78 is 14.1. The van der Waals surface area contributed by atoms with Gasteiger partial charge in [0.25, 0.3) is 0 Å². The van der Waals surface area contributed by atoms with Crippen LogP contribution in [-0.2, 0) is 17.8 Å². The fourth-order valence-electron chi connectivity index (χ4n) is 5.83. The molecule has 1 fully saturated rings. The van der Waals surface area contributed by atoms with E-state index in [1.165, 1.54) is 7.11 Å². The van der Waals surface area contributed by atoms with Crippen LogP contribution in [0.15, 0.2) is 65.2 Å². The van der Waals surface area contributed by atoms with Crippen LogP contribution in [0.2, 0.25) is 5.02 Å². The van der Waals surface area contributed by atoms with Crippen molar-refractivity contribution in [2.45, 2.75) is 38.5 Å². The Labute approximate surface area is 272 Å². The number of hydrogen-bond acceptors (Lipinski definition) is 9. The lowest BCUT2D eigenvalue weighted by molar-refractivity contribution is -0.133. The standard InChI is InChI=1S/C34H37ClN4O5S/c1-22-27(31-28(36-22)13-14-29(43-4)32(31)33(41)24-7-9-25(35)10-8-24)19-30(40)44-26-11-5-23(6-12-26)20-38-15-17-39(18-16-38)21-34(2,3)45-37-42/h5-14,36H,15-21H2,1-4H3. The molecular weight excluding hydrogens is 612 g/mol. The molecule has 1 aliphatic rings. The maximum atomic E-state index is 13.7. The molecule has 0 saturated carbocycles. The first-order valence-electron chi connectivity index (χ1n) is 14.8. The second kappa shape index (κ2) is 14.2. The second-order valence-corrected chi connectivity index (χ2v) is 13.8. The molecular formula is C34H37ClN4O5S. The number of nitroso groups, excluding NO2 is 1. The molecule has 1 aromatic heterocycles. The monoisotopic (exact) mass is 648 g/mol. The molecule has 0 amide bonds. The molecule has 236 valence electrons. The van der Waals surface area contributed by atoms with E-state index >= 15 is 0 Å². The van der Waals surface area contributed by atoms with Gasteiger partial charge in [0, 0.05) is 87.7 Å². The molecule has 0 spiro atoms. The first-order chi connectivity index (χ1) is 21.6. The summed E-state index contributed by atoms with van der Waals surface area (Å²) in [6.07, 6.45) is -0.0237. The molecule has 1 aliphatic heterocycles. The van der Waals surface area contributed by atoms with Crippen molar-refractivity contribution in [3.05, 3.63) is 98.5 Å². The molecule has 0 atom stereocenters. The Morgan fingerprint density at radius 1 is 0.978 bits per heavy atom. The number of carbonyl (C=O) groups is 2. The molecule has 4 aromatic rings. The summed E-state index contributed by atoms with van der Waals surface area (Å²) in [6, 6.07) is 17.9. The van der Waals surface area contributed by atoms with Crippen molar-refractivity contribution in [1.82, 2.24) is 14.8 Å². The molecule has 1 saturated heterocycles. The fraction of sp³-hybridized carbons (Fsp3) is 0.353. The van der Waals surface area contributed by atoms with E-state index in [0.29, 0.717) is 38.6 Å². The van der Waals surface area contributed by atoms with Crippen LogP contribution in [0.25, 0.3) is 10.9 Å². The van der Waals surface area contributed by atoms with Gasteiger partial charge in [-0.05, 0) is 80.4 Å². The highest BCUT2D eigenvalue weighted by Gasteiger charge is 2.27. The number of nitrogens with zero attached hydrogens (tertiary/aromatic N) is 3. The smallest absolute Gasteiger partial charge is 0.315 e. The van der Waals surface area contributed by atoms with Gasteiger partial charge in [-0.15, -0.1) is 4.91 Å². The summed E-state index contributed by atoms with van der Waals surface area (Å²) in [6.45, 7) is 11.3. The van der Waals surface area contributed by atoms with Crippen LogP contribution in [0.3, 0.4) is 0 Å². The summed E-state index contributed by atoms with van der Waals surface area (Å²) in [5, 5.41) is 1.18. The number of methoxy groups -OCH3 is 1. The van der Waals surface area contributed by atoms with Gasteiger partial charge in [0.05, 0.1) is 19.1 Å². The number of hydrogen-bond donors (Lipinski definition) is 1. The minimum absolute atomic E-state index is 0.0237. The van der Waals surface area contributed by atoms with Gasteiger partial charge in [0.2, 0.25) is 0 Å². The van der Waals surface area contributed by atoms with Gasteiger partial charge in [-0.3, -0.25) is 19.4 Å². The molecule has 0 unspecified atom stereocenters. The Balaban J connectivity index is 1.24. The first kappa shape index (κ1) is 32.7. The third-order valence-electron chi connectivity index (χ3n) is 8.03. The Hall–Kier alpha value is -3.70. The molecule has 5 rings (SSSR count). The van der Waals surface area contributed by atoms with Crippen molar-refractivity contribution < 1.29 is 19.1 Å². The fourth-order valence-corrected chi connectivity index (χ4v) is 6.40. The molecule has 45 heavy (non-hydrogen) atoms. The normalized spacial score (nSPS) is 14.4. The number of rotatable bonds is 12. The third-order valence-corrected chi connectivity index (χ3v) is 8.98. The number of H-pyrrole nitrogens is 1. The van der Waals surface area contributed by atoms with E-state index in [-0.39, 0.29) is 17.0 Å². The lowest BCUT2D eigenvalue weighted by Gasteiger charge is -2.37. The van der Waals surface area contributed by atoms with Crippen LogP contribution in [0.4, 0.5) is 0 Å². The van der Waals surface area contributed by atoms with Crippen LogP contribution in [-0.4, -0.2) is 71.1 Å². The van der Waals surface area contributed by atoms with E-state index in [2.05, 4.69) is 19.4 Å². The van der Waals surface area contributed by atoms with Gasteiger partial charge in [-0.2, -0.15) is 0 Å². The minimum atomic E-state index is -0.429. The van der Waals surface area contributed by atoms with E-state index < -0.39 is 5.97 Å². The topological polar surface area (TPSA) is 104 Å². The zero-order chi connectivity index (χ0) is 32.1. The number of aromatic nitrogens is 1. The maximum absolute atomic E-state index is 13.7. The molecule has 1 N–H and O–H groups in total. The lowest BCUT2D eigenvalue weighted by Crippen LogP contribution is -2.49. The predicted molar refractivity (Wildman–Crippen MR) is 179 cm³/mol. The molecule has 11 heteroatoms. The minimum Gasteiger partial charge on any atom is -0.496 e. The zero-order valence-corrected chi connectivity index (χ0v) is 27.5. The van der Waals surface area contributed by atoms with Crippen LogP contribution in [0.1, 0.15) is 46.6 Å². The maximum Gasteiger partial charge on any atom is 0.315 e. The lowest BCUT2D eigenvalue weighted by atomic mass is 9.95. The number of aryl methyl sites for hydroxylation is 1. The van der Waals surface area contributed by atoms with E-state index in [1.54, 1.807) is 30.3 Å². The number of ether oxygens (including phenoxy) is 2. The highest BCUT2D eigenvalue weighted by Crippen LogP contribution is 2.35. The van der Waals surface area contributed by atoms with Gasteiger partial charge in [-0.25, -0.2) is 0 Å². The van der Waals surface area contributed by atoms with Gasteiger partial charge in [0.1, 0.15) is 11.5 Å². The van der Waals surface area contributed by atoms with Crippen molar-refractivity contribution in [2.75, 3.05) is 39.8 Å². The summed E-state index contributed by atoms with van der Waals surface area (Å²) in [5.74, 6) is 0.231. The molecule has 3 aromatic carbocycles. The number of piperazine rings is 1. The predicted octanol–water partition coefficient (Wildman–Crippen LogP) is 6.83. The number of ketones is 1. The molecule has 2 heterocycles. The third kappa shape index (κ3) is 7.94. The van der Waals surface area contributed by atoms with Gasteiger partial charge < -0.3 is 14.5 Å². The van der Waals surface area contributed by atoms with E-state index in [4.69, 9.17) is 21.1 Å². The number of nitrogens with one attached hydrogen (secondary N) is 1. The summed E-state index contributed by atoms with van der Waals surface area (Å²) >= 11 is 7.14. The number of halogens is 1. The summed E-state index contributed by atoms with van der Waals surface area (Å²) in [4.78, 5) is 45.6. The largest absolute Gasteiger partial charge is 0.496 e. The van der Waals surface area contributed by atoms with Crippen LogP contribution in [0.5, 0.6) is 11.5 Å². The van der Waals surface area contributed by atoms with E-state index in [0.717, 1.165) is 68.0 Å². The highest BCUT2D eigenvalue weighted by molar-refractivity contribution is 7.99. The number of fused-ring (bicyclic) bond motifs is 1. The van der Waals surface area contributed by atoms with Crippen molar-refractivity contribution in [2.24, 2.45) is 4.58 Å². The summed E-state index contributed by atoms with van der Waals surface area (Å²) in [5.41, 5.74) is 4.18. The second-order valence-electron chi connectivity index (χ2n) is 11.9. The number of esters is 1. The first-order valence-corrected chi connectivity index (χ1v) is 16.0. The highest BCUT2D eigenvalue weighted by atomic mass is 35.5. The molecule has 0 radical (unpaired) electrons. The average Bonchev–Trinajstić information content (AvgIpc) is 3.32. The average molecular weight is 649 g/mol. The van der Waals surface area contributed by atoms with Crippen molar-refractivity contribution in [3.63, 3.8) is 0 Å². The molecule has 0 bridgehead atoms.